The highest BCUT2D eigenvalue weighted by Crippen LogP contribution is 2.23. The van der Waals surface area contributed by atoms with Gasteiger partial charge >= 0.3 is 0 Å². The van der Waals surface area contributed by atoms with E-state index < -0.39 is 0 Å². The lowest BCUT2D eigenvalue weighted by Gasteiger charge is -2.18. The second-order valence-electron chi connectivity index (χ2n) is 4.53. The maximum Gasteiger partial charge on any atom is 0.126 e. The molecule has 1 aromatic carbocycles. The van der Waals surface area contributed by atoms with Crippen LogP contribution in [0.15, 0.2) is 47.6 Å². The number of nitrogens with one attached hydrogen (secondary N) is 1. The van der Waals surface area contributed by atoms with Crippen molar-refractivity contribution in [2.45, 2.75) is 24.3 Å². The third-order valence-electron chi connectivity index (χ3n) is 2.97. The first-order chi connectivity index (χ1) is 9.31. The highest BCUT2D eigenvalue weighted by Gasteiger charge is 2.15. The Labute approximate surface area is 119 Å². The van der Waals surface area contributed by atoms with E-state index in [2.05, 4.69) is 59.2 Å². The summed E-state index contributed by atoms with van der Waals surface area (Å²) in [6, 6.07) is 10.8. The van der Waals surface area contributed by atoms with Gasteiger partial charge in [0.25, 0.3) is 0 Å². The molecule has 0 radical (unpaired) electrons. The lowest BCUT2D eigenvalue weighted by atomic mass is 10.3. The van der Waals surface area contributed by atoms with Gasteiger partial charge in [-0.15, -0.1) is 11.8 Å². The molecule has 0 spiro atoms. The second-order valence-corrected chi connectivity index (χ2v) is 5.62. The molecule has 1 aromatic heterocycles. The van der Waals surface area contributed by atoms with Gasteiger partial charge in [-0.05, 0) is 25.1 Å². The van der Waals surface area contributed by atoms with Crippen LogP contribution in [-0.4, -0.2) is 21.8 Å². The molecular formula is C15H21N3S. The molecule has 0 saturated heterocycles. The molecule has 1 N–H and O–H groups in total. The second kappa shape index (κ2) is 7.36. The number of aryl methyl sites for hydroxylation is 1. The number of aromatic nitrogens is 2. The number of benzene rings is 1. The van der Waals surface area contributed by atoms with Crippen molar-refractivity contribution in [2.24, 2.45) is 7.05 Å². The van der Waals surface area contributed by atoms with E-state index in [-0.39, 0.29) is 0 Å². The SMILES string of the molecule is CCCNC(CSc1ccccc1)c1nccn1C. The normalized spacial score (nSPS) is 12.5. The van der Waals surface area contributed by atoms with Crippen LogP contribution in [0.2, 0.25) is 0 Å². The Morgan fingerprint density at radius 2 is 2.11 bits per heavy atom. The van der Waals surface area contributed by atoms with E-state index in [1.54, 1.807) is 0 Å². The third-order valence-corrected chi connectivity index (χ3v) is 4.08. The molecule has 1 heterocycles. The van der Waals surface area contributed by atoms with E-state index in [1.165, 1.54) is 4.90 Å². The van der Waals surface area contributed by atoms with Crippen molar-refractivity contribution in [1.82, 2.24) is 14.9 Å². The zero-order valence-corrected chi connectivity index (χ0v) is 12.4. The van der Waals surface area contributed by atoms with Gasteiger partial charge in [0.15, 0.2) is 0 Å². The molecule has 2 aromatic rings. The molecule has 4 heteroatoms. The Morgan fingerprint density at radius 1 is 1.32 bits per heavy atom. The molecule has 1 unspecified atom stereocenters. The van der Waals surface area contributed by atoms with Crippen LogP contribution in [-0.2, 0) is 7.05 Å². The Balaban J connectivity index is 2.00. The van der Waals surface area contributed by atoms with Crippen molar-refractivity contribution >= 4 is 11.8 Å². The highest BCUT2D eigenvalue weighted by atomic mass is 32.2. The van der Waals surface area contributed by atoms with E-state index in [9.17, 15) is 0 Å². The Bertz CT molecular complexity index is 481. The molecule has 0 bridgehead atoms. The molecule has 2 rings (SSSR count). The van der Waals surface area contributed by atoms with Crippen molar-refractivity contribution in [3.63, 3.8) is 0 Å². The van der Waals surface area contributed by atoms with Crippen LogP contribution < -0.4 is 5.32 Å². The number of thioether (sulfide) groups is 1. The number of hydrogen-bond donors (Lipinski definition) is 1. The first-order valence-corrected chi connectivity index (χ1v) is 7.68. The fourth-order valence-electron chi connectivity index (χ4n) is 1.95. The number of imidazole rings is 1. The highest BCUT2D eigenvalue weighted by molar-refractivity contribution is 7.99. The van der Waals surface area contributed by atoms with Crippen LogP contribution in [0.1, 0.15) is 25.2 Å². The molecular weight excluding hydrogens is 254 g/mol. The lowest BCUT2D eigenvalue weighted by Crippen LogP contribution is -2.26. The van der Waals surface area contributed by atoms with Crippen molar-refractivity contribution in [1.29, 1.82) is 0 Å². The standard InChI is InChI=1S/C15H21N3S/c1-3-9-16-14(15-17-10-11-18(15)2)12-19-13-7-5-4-6-8-13/h4-8,10-11,14,16H,3,9,12H2,1-2H3. The molecule has 0 aliphatic carbocycles. The van der Waals surface area contributed by atoms with E-state index in [0.29, 0.717) is 6.04 Å². The summed E-state index contributed by atoms with van der Waals surface area (Å²) in [7, 11) is 2.05. The number of rotatable bonds is 7. The maximum atomic E-state index is 4.47. The van der Waals surface area contributed by atoms with Gasteiger partial charge in [0.1, 0.15) is 5.82 Å². The molecule has 0 amide bonds. The minimum atomic E-state index is 0.296. The van der Waals surface area contributed by atoms with Gasteiger partial charge in [-0.2, -0.15) is 0 Å². The van der Waals surface area contributed by atoms with Crippen molar-refractivity contribution in [2.75, 3.05) is 12.3 Å². The molecule has 1 atom stereocenters. The average molecular weight is 275 g/mol. The molecule has 0 saturated carbocycles. The van der Waals surface area contributed by atoms with Crippen molar-refractivity contribution in [3.8, 4) is 0 Å². The zero-order chi connectivity index (χ0) is 13.5. The molecule has 3 nitrogen and oxygen atoms in total. The Hall–Kier alpha value is -1.26. The van der Waals surface area contributed by atoms with Gasteiger partial charge in [0.05, 0.1) is 6.04 Å². The molecule has 19 heavy (non-hydrogen) atoms. The van der Waals surface area contributed by atoms with Gasteiger partial charge in [-0.25, -0.2) is 4.98 Å². The maximum absolute atomic E-state index is 4.47. The minimum Gasteiger partial charge on any atom is -0.337 e. The van der Waals surface area contributed by atoms with Crippen LogP contribution in [0, 0.1) is 0 Å². The zero-order valence-electron chi connectivity index (χ0n) is 11.5. The predicted octanol–water partition coefficient (Wildman–Crippen LogP) is 3.25. The summed E-state index contributed by atoms with van der Waals surface area (Å²) in [6.45, 7) is 3.21. The number of hydrogen-bond acceptors (Lipinski definition) is 3. The molecule has 0 fully saturated rings. The van der Waals surface area contributed by atoms with Gasteiger partial charge in [-0.3, -0.25) is 0 Å². The summed E-state index contributed by atoms with van der Waals surface area (Å²) in [5, 5.41) is 3.58. The van der Waals surface area contributed by atoms with Gasteiger partial charge < -0.3 is 9.88 Å². The Kier molecular flexibility index (Phi) is 5.48. The van der Waals surface area contributed by atoms with Crippen LogP contribution in [0.3, 0.4) is 0 Å². The van der Waals surface area contributed by atoms with Crippen molar-refractivity contribution in [3.05, 3.63) is 48.5 Å². The quantitative estimate of drug-likeness (QED) is 0.787. The smallest absolute Gasteiger partial charge is 0.126 e. The van der Waals surface area contributed by atoms with Crippen LogP contribution in [0.4, 0.5) is 0 Å². The summed E-state index contributed by atoms with van der Waals surface area (Å²) >= 11 is 1.87. The summed E-state index contributed by atoms with van der Waals surface area (Å²) in [5.74, 6) is 2.10. The summed E-state index contributed by atoms with van der Waals surface area (Å²) in [6.07, 6.45) is 5.00. The van der Waals surface area contributed by atoms with E-state index in [0.717, 1.165) is 24.5 Å². The first kappa shape index (κ1) is 14.2. The lowest BCUT2D eigenvalue weighted by molar-refractivity contribution is 0.535. The topological polar surface area (TPSA) is 29.9 Å². The van der Waals surface area contributed by atoms with Gasteiger partial charge in [0, 0.05) is 30.1 Å². The van der Waals surface area contributed by atoms with Gasteiger partial charge in [0.2, 0.25) is 0 Å². The van der Waals surface area contributed by atoms with E-state index in [4.69, 9.17) is 0 Å². The van der Waals surface area contributed by atoms with Crippen LogP contribution >= 0.6 is 11.8 Å². The fraction of sp³-hybridized carbons (Fsp3) is 0.400. The van der Waals surface area contributed by atoms with Crippen LogP contribution in [0.5, 0.6) is 0 Å². The summed E-state index contributed by atoms with van der Waals surface area (Å²) in [5.41, 5.74) is 0. The monoisotopic (exact) mass is 275 g/mol. The summed E-state index contributed by atoms with van der Waals surface area (Å²) in [4.78, 5) is 5.77. The van der Waals surface area contributed by atoms with Gasteiger partial charge in [-0.1, -0.05) is 25.1 Å². The third kappa shape index (κ3) is 4.11. The molecule has 0 aliphatic rings. The largest absolute Gasteiger partial charge is 0.337 e. The van der Waals surface area contributed by atoms with E-state index in [1.807, 2.05) is 24.2 Å². The predicted molar refractivity (Wildman–Crippen MR) is 81.4 cm³/mol. The summed E-state index contributed by atoms with van der Waals surface area (Å²) < 4.78 is 2.10. The van der Waals surface area contributed by atoms with Crippen LogP contribution in [0.25, 0.3) is 0 Å². The first-order valence-electron chi connectivity index (χ1n) is 6.69. The van der Waals surface area contributed by atoms with E-state index >= 15 is 0 Å². The average Bonchev–Trinajstić information content (AvgIpc) is 2.86. The molecule has 0 aliphatic heterocycles. The minimum absolute atomic E-state index is 0.296. The van der Waals surface area contributed by atoms with Crippen molar-refractivity contribution < 1.29 is 0 Å². The number of nitrogens with zero attached hydrogens (tertiary/aromatic N) is 2. The fourth-order valence-corrected chi connectivity index (χ4v) is 2.93. The Morgan fingerprint density at radius 3 is 2.74 bits per heavy atom. The molecule has 102 valence electrons.